The highest BCUT2D eigenvalue weighted by Gasteiger charge is 2.52. The number of amides is 1. The molecule has 5 heteroatoms. The molecule has 2 fully saturated rings. The van der Waals surface area contributed by atoms with Gasteiger partial charge in [-0.3, -0.25) is 4.79 Å². The van der Waals surface area contributed by atoms with E-state index in [9.17, 15) is 4.79 Å². The predicted octanol–water partition coefficient (Wildman–Crippen LogP) is 1.63. The summed E-state index contributed by atoms with van der Waals surface area (Å²) in [4.78, 5) is 16.7. The van der Waals surface area contributed by atoms with Gasteiger partial charge >= 0.3 is 0 Å². The molecule has 5 nitrogen and oxygen atoms in total. The summed E-state index contributed by atoms with van der Waals surface area (Å²) in [5, 5.41) is 9.16. The van der Waals surface area contributed by atoms with E-state index in [1.54, 1.807) is 12.1 Å². The third-order valence-corrected chi connectivity index (χ3v) is 4.29. The molecule has 1 amide bonds. The summed E-state index contributed by atoms with van der Waals surface area (Å²) in [7, 11) is 3.81. The Labute approximate surface area is 124 Å². The second-order valence-electron chi connectivity index (χ2n) is 6.01. The molecule has 0 atom stereocenters. The lowest BCUT2D eigenvalue weighted by Crippen LogP contribution is -2.50. The predicted molar refractivity (Wildman–Crippen MR) is 79.3 cm³/mol. The monoisotopic (exact) mass is 285 g/mol. The van der Waals surface area contributed by atoms with Crippen LogP contribution in [0.2, 0.25) is 0 Å². The number of hydrogen-bond donors (Lipinski definition) is 0. The zero-order valence-corrected chi connectivity index (χ0v) is 12.4. The molecule has 1 aliphatic carbocycles. The SMILES string of the molecule is CN(C)c1cc(C#N)cc(C(=O)N2CCOCC23CC3)c1. The van der Waals surface area contributed by atoms with Crippen molar-refractivity contribution in [1.29, 1.82) is 5.26 Å². The average Bonchev–Trinajstić information content (AvgIpc) is 3.26. The van der Waals surface area contributed by atoms with Gasteiger partial charge in [0.1, 0.15) is 0 Å². The van der Waals surface area contributed by atoms with E-state index in [1.165, 1.54) is 0 Å². The van der Waals surface area contributed by atoms with Crippen LogP contribution in [0.5, 0.6) is 0 Å². The maximum absolute atomic E-state index is 12.8. The molecule has 1 spiro atoms. The van der Waals surface area contributed by atoms with Crippen LogP contribution in [0.15, 0.2) is 18.2 Å². The summed E-state index contributed by atoms with van der Waals surface area (Å²) in [6, 6.07) is 7.47. The number of carbonyl (C=O) groups excluding carboxylic acids is 1. The molecule has 0 unspecified atom stereocenters. The minimum atomic E-state index is -0.0870. The van der Waals surface area contributed by atoms with Crippen LogP contribution in [0, 0.1) is 11.3 Å². The largest absolute Gasteiger partial charge is 0.378 e. The molecular weight excluding hydrogens is 266 g/mol. The fraction of sp³-hybridized carbons (Fsp3) is 0.500. The molecule has 3 rings (SSSR count). The zero-order chi connectivity index (χ0) is 15.0. The Morgan fingerprint density at radius 1 is 1.38 bits per heavy atom. The Morgan fingerprint density at radius 2 is 2.14 bits per heavy atom. The number of morpholine rings is 1. The molecular formula is C16H19N3O2. The van der Waals surface area contributed by atoms with Gasteiger partial charge in [0.2, 0.25) is 0 Å². The molecule has 1 saturated carbocycles. The van der Waals surface area contributed by atoms with E-state index in [0.717, 1.165) is 18.5 Å². The fourth-order valence-corrected chi connectivity index (χ4v) is 2.82. The van der Waals surface area contributed by atoms with Gasteiger partial charge in [0, 0.05) is 31.9 Å². The fourth-order valence-electron chi connectivity index (χ4n) is 2.82. The lowest BCUT2D eigenvalue weighted by molar-refractivity contribution is -0.0117. The first-order valence-corrected chi connectivity index (χ1v) is 7.18. The molecule has 1 aromatic rings. The molecule has 0 bridgehead atoms. The summed E-state index contributed by atoms with van der Waals surface area (Å²) >= 11 is 0. The summed E-state index contributed by atoms with van der Waals surface area (Å²) in [6.07, 6.45) is 2.02. The number of hydrogen-bond acceptors (Lipinski definition) is 4. The van der Waals surface area contributed by atoms with Gasteiger partial charge in [0.05, 0.1) is 30.4 Å². The minimum Gasteiger partial charge on any atom is -0.378 e. The smallest absolute Gasteiger partial charge is 0.254 e. The molecule has 1 aromatic carbocycles. The van der Waals surface area contributed by atoms with Crippen molar-refractivity contribution in [3.63, 3.8) is 0 Å². The zero-order valence-electron chi connectivity index (χ0n) is 12.4. The van der Waals surface area contributed by atoms with Crippen molar-refractivity contribution < 1.29 is 9.53 Å². The first kappa shape index (κ1) is 13.9. The van der Waals surface area contributed by atoms with Crippen LogP contribution in [0.25, 0.3) is 0 Å². The molecule has 2 aliphatic rings. The Morgan fingerprint density at radius 3 is 2.76 bits per heavy atom. The number of nitriles is 1. The van der Waals surface area contributed by atoms with Crippen LogP contribution in [-0.4, -0.2) is 50.2 Å². The molecule has 1 saturated heterocycles. The van der Waals surface area contributed by atoms with Crippen LogP contribution in [-0.2, 0) is 4.74 Å². The van der Waals surface area contributed by atoms with E-state index in [4.69, 9.17) is 10.00 Å². The maximum Gasteiger partial charge on any atom is 0.254 e. The molecule has 1 heterocycles. The van der Waals surface area contributed by atoms with Crippen molar-refractivity contribution >= 4 is 11.6 Å². The van der Waals surface area contributed by atoms with Crippen LogP contribution in [0.4, 0.5) is 5.69 Å². The Kier molecular flexibility index (Phi) is 3.34. The number of benzene rings is 1. The van der Waals surface area contributed by atoms with Crippen molar-refractivity contribution in [3.8, 4) is 6.07 Å². The normalized spacial score (nSPS) is 19.2. The van der Waals surface area contributed by atoms with E-state index in [1.807, 2.05) is 30.0 Å². The van der Waals surface area contributed by atoms with Gasteiger partial charge in [0.15, 0.2) is 0 Å². The molecule has 110 valence electrons. The molecule has 0 radical (unpaired) electrons. The quantitative estimate of drug-likeness (QED) is 0.828. The number of nitrogens with zero attached hydrogens (tertiary/aromatic N) is 3. The van der Waals surface area contributed by atoms with Gasteiger partial charge in [-0.25, -0.2) is 0 Å². The van der Waals surface area contributed by atoms with Gasteiger partial charge in [-0.1, -0.05) is 0 Å². The third-order valence-electron chi connectivity index (χ3n) is 4.29. The van der Waals surface area contributed by atoms with E-state index >= 15 is 0 Å². The molecule has 0 aromatic heterocycles. The maximum atomic E-state index is 12.8. The third kappa shape index (κ3) is 2.47. The first-order valence-electron chi connectivity index (χ1n) is 7.18. The van der Waals surface area contributed by atoms with Crippen molar-refractivity contribution in [2.75, 3.05) is 38.8 Å². The number of rotatable bonds is 2. The Bertz CT molecular complexity index is 614. The van der Waals surface area contributed by atoms with Crippen molar-refractivity contribution in [2.45, 2.75) is 18.4 Å². The van der Waals surface area contributed by atoms with E-state index in [2.05, 4.69) is 6.07 Å². The second-order valence-corrected chi connectivity index (χ2v) is 6.01. The standard InChI is InChI=1S/C16H19N3O2/c1-18(2)14-8-12(10-17)7-13(9-14)15(20)19-5-6-21-11-16(19)3-4-16/h7-9H,3-6,11H2,1-2H3. The van der Waals surface area contributed by atoms with Gasteiger partial charge in [0.25, 0.3) is 5.91 Å². The lowest BCUT2D eigenvalue weighted by Gasteiger charge is -2.36. The molecule has 1 aliphatic heterocycles. The van der Waals surface area contributed by atoms with E-state index in [0.29, 0.717) is 30.9 Å². The second kappa shape index (κ2) is 5.05. The number of ether oxygens (including phenoxy) is 1. The van der Waals surface area contributed by atoms with Crippen molar-refractivity contribution in [2.24, 2.45) is 0 Å². The van der Waals surface area contributed by atoms with Crippen LogP contribution in [0.1, 0.15) is 28.8 Å². The van der Waals surface area contributed by atoms with Gasteiger partial charge in [-0.15, -0.1) is 0 Å². The van der Waals surface area contributed by atoms with Crippen LogP contribution in [0.3, 0.4) is 0 Å². The summed E-state index contributed by atoms with van der Waals surface area (Å²) in [5.41, 5.74) is 1.89. The van der Waals surface area contributed by atoms with Crippen molar-refractivity contribution in [3.05, 3.63) is 29.3 Å². The number of anilines is 1. The summed E-state index contributed by atoms with van der Waals surface area (Å²) in [5.74, 6) is 0.0102. The minimum absolute atomic E-state index is 0.0102. The molecule has 21 heavy (non-hydrogen) atoms. The van der Waals surface area contributed by atoms with Gasteiger partial charge < -0.3 is 14.5 Å². The highest BCUT2D eigenvalue weighted by molar-refractivity contribution is 5.96. The Hall–Kier alpha value is -2.06. The topological polar surface area (TPSA) is 56.6 Å². The molecule has 0 N–H and O–H groups in total. The van der Waals surface area contributed by atoms with Crippen LogP contribution < -0.4 is 4.90 Å². The first-order chi connectivity index (χ1) is 10.1. The number of carbonyl (C=O) groups is 1. The highest BCUT2D eigenvalue weighted by atomic mass is 16.5. The van der Waals surface area contributed by atoms with E-state index in [-0.39, 0.29) is 11.4 Å². The summed E-state index contributed by atoms with van der Waals surface area (Å²) in [6.45, 7) is 1.86. The van der Waals surface area contributed by atoms with E-state index < -0.39 is 0 Å². The average molecular weight is 285 g/mol. The summed E-state index contributed by atoms with van der Waals surface area (Å²) < 4.78 is 5.52. The Balaban J connectivity index is 1.94. The van der Waals surface area contributed by atoms with Crippen LogP contribution >= 0.6 is 0 Å². The van der Waals surface area contributed by atoms with Gasteiger partial charge in [-0.05, 0) is 31.0 Å². The highest BCUT2D eigenvalue weighted by Crippen LogP contribution is 2.44. The van der Waals surface area contributed by atoms with Crippen molar-refractivity contribution in [1.82, 2.24) is 4.90 Å². The lowest BCUT2D eigenvalue weighted by atomic mass is 10.1. The van der Waals surface area contributed by atoms with Gasteiger partial charge in [-0.2, -0.15) is 5.26 Å².